The maximum absolute atomic E-state index is 13.2. The van der Waals surface area contributed by atoms with Crippen molar-refractivity contribution in [3.05, 3.63) is 0 Å². The first-order chi connectivity index (χ1) is 12.5. The molecule has 0 spiro atoms. The molecule has 2 saturated heterocycles. The molecule has 0 aromatic carbocycles. The van der Waals surface area contributed by atoms with E-state index >= 15 is 0 Å². The van der Waals surface area contributed by atoms with E-state index in [4.69, 9.17) is 0 Å². The first-order valence-electron chi connectivity index (χ1n) is 9.48. The van der Waals surface area contributed by atoms with Crippen molar-refractivity contribution >= 4 is 11.9 Å². The Labute approximate surface area is 155 Å². The second kappa shape index (κ2) is 10.5. The summed E-state index contributed by atoms with van der Waals surface area (Å²) in [5.74, 6) is 0.622. The van der Waals surface area contributed by atoms with E-state index in [1.807, 2.05) is 4.90 Å². The van der Waals surface area contributed by atoms with Gasteiger partial charge in [-0.3, -0.25) is 14.7 Å². The molecule has 2 N–H and O–H groups in total. The number of azo groups is 1. The summed E-state index contributed by atoms with van der Waals surface area (Å²) in [7, 11) is 1.66. The first kappa shape index (κ1) is 20.7. The van der Waals surface area contributed by atoms with Gasteiger partial charge in [-0.15, -0.1) is 5.11 Å². The lowest BCUT2D eigenvalue weighted by molar-refractivity contribution is -0.123. The van der Waals surface area contributed by atoms with E-state index in [1.54, 1.807) is 14.0 Å². The van der Waals surface area contributed by atoms with Crippen LogP contribution < -0.4 is 10.6 Å². The molecule has 0 aromatic rings. The molecular formula is C17H32FN7O. The topological polar surface area (TPSA) is 84.7 Å². The highest BCUT2D eigenvalue weighted by molar-refractivity contribution is 5.80. The van der Waals surface area contributed by atoms with Gasteiger partial charge in [0.25, 0.3) is 0 Å². The number of piperazine rings is 1. The number of carbonyl (C=O) groups excluding carboxylic acids is 1. The minimum atomic E-state index is -1.04. The van der Waals surface area contributed by atoms with Crippen LogP contribution in [-0.4, -0.2) is 92.8 Å². The summed E-state index contributed by atoms with van der Waals surface area (Å²) in [6, 6.07) is -0.184. The number of carbonyl (C=O) groups is 1. The van der Waals surface area contributed by atoms with Crippen molar-refractivity contribution in [2.45, 2.75) is 44.9 Å². The Hall–Kier alpha value is -1.61. The number of piperidine rings is 1. The molecule has 0 saturated carbocycles. The van der Waals surface area contributed by atoms with Gasteiger partial charge in [0.1, 0.15) is 6.17 Å². The summed E-state index contributed by atoms with van der Waals surface area (Å²) in [6.45, 7) is 8.52. The van der Waals surface area contributed by atoms with Crippen LogP contribution in [0.1, 0.15) is 26.7 Å². The van der Waals surface area contributed by atoms with E-state index in [0.29, 0.717) is 18.5 Å². The van der Waals surface area contributed by atoms with Gasteiger partial charge in [-0.05, 0) is 39.8 Å². The Balaban J connectivity index is 1.74. The van der Waals surface area contributed by atoms with E-state index in [2.05, 4.69) is 30.8 Å². The molecule has 2 aliphatic heterocycles. The van der Waals surface area contributed by atoms with E-state index in [-0.39, 0.29) is 5.91 Å². The number of guanidine groups is 1. The van der Waals surface area contributed by atoms with Gasteiger partial charge < -0.3 is 15.5 Å². The Morgan fingerprint density at radius 1 is 1.23 bits per heavy atom. The van der Waals surface area contributed by atoms with Crippen LogP contribution >= 0.6 is 0 Å². The van der Waals surface area contributed by atoms with Gasteiger partial charge in [0.05, 0.1) is 12.6 Å². The number of alkyl halides is 1. The third kappa shape index (κ3) is 6.60. The van der Waals surface area contributed by atoms with E-state index in [1.165, 1.54) is 6.92 Å². The highest BCUT2D eigenvalue weighted by Crippen LogP contribution is 2.08. The number of nitrogens with zero attached hydrogens (tertiary/aromatic N) is 5. The Kier molecular flexibility index (Phi) is 8.37. The normalized spacial score (nSPS) is 23.2. The van der Waals surface area contributed by atoms with E-state index in [0.717, 1.165) is 52.1 Å². The number of aliphatic imine (C=N–C) groups is 1. The lowest BCUT2D eigenvalue weighted by atomic mass is 10.1. The van der Waals surface area contributed by atoms with Gasteiger partial charge in [-0.2, -0.15) is 5.11 Å². The van der Waals surface area contributed by atoms with Crippen LogP contribution in [0.15, 0.2) is 15.2 Å². The third-order valence-corrected chi connectivity index (χ3v) is 4.92. The maximum Gasteiger partial charge on any atom is 0.240 e. The van der Waals surface area contributed by atoms with E-state index in [9.17, 15) is 9.18 Å². The molecule has 0 bridgehead atoms. The average Bonchev–Trinajstić information content (AvgIpc) is 2.64. The van der Waals surface area contributed by atoms with Crippen molar-refractivity contribution in [2.75, 3.05) is 52.9 Å². The molecule has 148 valence electrons. The minimum Gasteiger partial charge on any atom is -0.352 e. The van der Waals surface area contributed by atoms with Crippen molar-refractivity contribution in [2.24, 2.45) is 15.2 Å². The van der Waals surface area contributed by atoms with Gasteiger partial charge in [0.2, 0.25) is 11.9 Å². The van der Waals surface area contributed by atoms with Crippen LogP contribution in [0.25, 0.3) is 0 Å². The molecule has 2 rings (SSSR count). The molecule has 0 radical (unpaired) electrons. The van der Waals surface area contributed by atoms with Crippen LogP contribution in [-0.2, 0) is 4.79 Å². The number of hydrogen-bond acceptors (Lipinski definition) is 5. The number of rotatable bonds is 5. The highest BCUT2D eigenvalue weighted by Gasteiger charge is 2.23. The molecule has 0 aliphatic carbocycles. The number of hydrogen-bond donors (Lipinski definition) is 2. The Morgan fingerprint density at radius 2 is 1.88 bits per heavy atom. The van der Waals surface area contributed by atoms with Gasteiger partial charge in [0, 0.05) is 39.3 Å². The molecule has 0 aromatic heterocycles. The predicted octanol–water partition coefficient (Wildman–Crippen LogP) is 0.657. The third-order valence-electron chi connectivity index (χ3n) is 4.92. The summed E-state index contributed by atoms with van der Waals surface area (Å²) < 4.78 is 13.2. The zero-order valence-electron chi connectivity index (χ0n) is 16.1. The van der Waals surface area contributed by atoms with Crippen molar-refractivity contribution in [3.63, 3.8) is 0 Å². The second-order valence-corrected chi connectivity index (χ2v) is 7.01. The smallest absolute Gasteiger partial charge is 0.240 e. The first-order valence-corrected chi connectivity index (χ1v) is 9.48. The van der Waals surface area contributed by atoms with Crippen molar-refractivity contribution < 1.29 is 9.18 Å². The molecule has 1 amide bonds. The maximum atomic E-state index is 13.2. The SMILES string of the molecule is C/N=C(\N=N/C(C)C(C)F)N1CCN(CC(=O)NC2CCNCC2)CC1. The molecule has 2 unspecified atom stereocenters. The standard InChI is InChI=1S/C17H32FN7O/c1-13(18)14(2)22-23-17(19-3)25-10-8-24(9-11-25)12-16(26)21-15-4-6-20-7-5-15/h13-15,20H,4-12H2,1-3H3,(H,21,26)/b19-17+,23-22-. The second-order valence-electron chi connectivity index (χ2n) is 7.01. The number of halogens is 1. The molecular weight excluding hydrogens is 337 g/mol. The number of amides is 1. The quantitative estimate of drug-likeness (QED) is 0.424. The van der Waals surface area contributed by atoms with Crippen molar-refractivity contribution in [3.8, 4) is 0 Å². The highest BCUT2D eigenvalue weighted by atomic mass is 19.1. The fraction of sp³-hybridized carbons (Fsp3) is 0.882. The minimum absolute atomic E-state index is 0.0974. The molecule has 2 heterocycles. The zero-order valence-corrected chi connectivity index (χ0v) is 16.1. The average molecular weight is 369 g/mol. The zero-order chi connectivity index (χ0) is 18.9. The fourth-order valence-electron chi connectivity index (χ4n) is 3.03. The Morgan fingerprint density at radius 3 is 2.46 bits per heavy atom. The lowest BCUT2D eigenvalue weighted by Crippen LogP contribution is -2.52. The van der Waals surface area contributed by atoms with Crippen molar-refractivity contribution in [1.29, 1.82) is 0 Å². The van der Waals surface area contributed by atoms with Crippen LogP contribution in [0.2, 0.25) is 0 Å². The van der Waals surface area contributed by atoms with Crippen LogP contribution in [0, 0.1) is 0 Å². The van der Waals surface area contributed by atoms with Crippen molar-refractivity contribution in [1.82, 2.24) is 20.4 Å². The van der Waals surface area contributed by atoms with Gasteiger partial charge in [0.15, 0.2) is 0 Å². The van der Waals surface area contributed by atoms with Crippen LogP contribution in [0.5, 0.6) is 0 Å². The van der Waals surface area contributed by atoms with Gasteiger partial charge in [-0.1, -0.05) is 0 Å². The summed E-state index contributed by atoms with van der Waals surface area (Å²) in [5, 5.41) is 14.5. The molecule has 8 nitrogen and oxygen atoms in total. The largest absolute Gasteiger partial charge is 0.352 e. The van der Waals surface area contributed by atoms with Crippen LogP contribution in [0.3, 0.4) is 0 Å². The molecule has 2 aliphatic rings. The summed E-state index contributed by atoms with van der Waals surface area (Å²) in [5.41, 5.74) is 0. The van der Waals surface area contributed by atoms with Gasteiger partial charge >= 0.3 is 0 Å². The monoisotopic (exact) mass is 369 g/mol. The lowest BCUT2D eigenvalue weighted by Gasteiger charge is -2.35. The summed E-state index contributed by atoms with van der Waals surface area (Å²) in [6.07, 6.45) is 0.959. The van der Waals surface area contributed by atoms with E-state index < -0.39 is 12.2 Å². The molecule has 9 heteroatoms. The van der Waals surface area contributed by atoms with Gasteiger partial charge in [-0.25, -0.2) is 4.39 Å². The fourth-order valence-corrected chi connectivity index (χ4v) is 3.03. The summed E-state index contributed by atoms with van der Waals surface area (Å²) in [4.78, 5) is 20.5. The molecule has 2 atom stereocenters. The molecule has 2 fully saturated rings. The Bertz CT molecular complexity index is 497. The van der Waals surface area contributed by atoms with Crippen LogP contribution in [0.4, 0.5) is 4.39 Å². The summed E-state index contributed by atoms with van der Waals surface area (Å²) >= 11 is 0. The molecule has 26 heavy (non-hydrogen) atoms. The number of nitrogens with one attached hydrogen (secondary N) is 2. The predicted molar refractivity (Wildman–Crippen MR) is 100 cm³/mol.